The molecule has 0 fully saturated rings. The Kier molecular flexibility index (Phi) is 2.23. The number of rotatable bonds is 1. The lowest BCUT2D eigenvalue weighted by Gasteiger charge is -1.99. The van der Waals surface area contributed by atoms with E-state index in [1.807, 2.05) is 32.0 Å². The highest BCUT2D eigenvalue weighted by Gasteiger charge is 2.01. The number of pyridine rings is 1. The van der Waals surface area contributed by atoms with Crippen molar-refractivity contribution in [3.63, 3.8) is 0 Å². The molecule has 2 aromatic rings. The summed E-state index contributed by atoms with van der Waals surface area (Å²) < 4.78 is 0. The first-order valence-corrected chi connectivity index (χ1v) is 4.48. The Balaban J connectivity index is 2.44. The molecule has 0 unspecified atom stereocenters. The van der Waals surface area contributed by atoms with Crippen LogP contribution in [0.2, 0.25) is 0 Å². The van der Waals surface area contributed by atoms with Gasteiger partial charge in [-0.1, -0.05) is 6.07 Å². The molecule has 0 radical (unpaired) electrons. The highest BCUT2D eigenvalue weighted by atomic mass is 14.9. The average molecular weight is 185 g/mol. The van der Waals surface area contributed by atoms with E-state index < -0.39 is 0 Å². The largest absolute Gasteiger partial charge is 0.250 e. The molecule has 0 bridgehead atoms. The lowest BCUT2D eigenvalue weighted by Crippen LogP contribution is -1.92. The monoisotopic (exact) mass is 185 g/mol. The number of hydrogen-bond acceptors (Lipinski definition) is 3. The molecule has 2 aromatic heterocycles. The van der Waals surface area contributed by atoms with Gasteiger partial charge in [-0.05, 0) is 31.5 Å². The Labute approximate surface area is 82.9 Å². The van der Waals surface area contributed by atoms with E-state index in [0.29, 0.717) is 5.82 Å². The zero-order valence-electron chi connectivity index (χ0n) is 8.23. The Bertz CT molecular complexity index is 435. The summed E-state index contributed by atoms with van der Waals surface area (Å²) in [6.07, 6.45) is 3.60. The lowest BCUT2D eigenvalue weighted by atomic mass is 10.3. The van der Waals surface area contributed by atoms with Crippen molar-refractivity contribution >= 4 is 0 Å². The third-order valence-electron chi connectivity index (χ3n) is 1.90. The summed E-state index contributed by atoms with van der Waals surface area (Å²) in [5.74, 6) is 0.680. The zero-order chi connectivity index (χ0) is 9.97. The van der Waals surface area contributed by atoms with Crippen LogP contribution in [0.4, 0.5) is 0 Å². The average Bonchev–Trinajstić information content (AvgIpc) is 2.19. The van der Waals surface area contributed by atoms with Gasteiger partial charge in [-0.3, -0.25) is 0 Å². The molecule has 0 N–H and O–H groups in total. The minimum absolute atomic E-state index is 0.680. The van der Waals surface area contributed by atoms with Gasteiger partial charge in [0.15, 0.2) is 5.82 Å². The molecule has 3 heteroatoms. The van der Waals surface area contributed by atoms with Gasteiger partial charge in [-0.15, -0.1) is 0 Å². The summed E-state index contributed by atoms with van der Waals surface area (Å²) in [6.45, 7) is 3.92. The van der Waals surface area contributed by atoms with Gasteiger partial charge in [0.25, 0.3) is 0 Å². The molecule has 2 heterocycles. The van der Waals surface area contributed by atoms with Crippen molar-refractivity contribution in [3.05, 3.63) is 41.9 Å². The molecule has 0 aromatic carbocycles. The third kappa shape index (κ3) is 1.76. The molecule has 0 aliphatic carbocycles. The first kappa shape index (κ1) is 8.81. The van der Waals surface area contributed by atoms with Crippen molar-refractivity contribution in [2.75, 3.05) is 0 Å². The van der Waals surface area contributed by atoms with Crippen LogP contribution < -0.4 is 0 Å². The predicted molar refractivity (Wildman–Crippen MR) is 54.7 cm³/mol. The molecule has 14 heavy (non-hydrogen) atoms. The van der Waals surface area contributed by atoms with Crippen molar-refractivity contribution in [1.82, 2.24) is 15.0 Å². The van der Waals surface area contributed by atoms with E-state index in [1.54, 1.807) is 12.4 Å². The van der Waals surface area contributed by atoms with Crippen LogP contribution in [0, 0.1) is 13.8 Å². The number of aryl methyl sites for hydroxylation is 2. The quantitative estimate of drug-likeness (QED) is 0.683. The van der Waals surface area contributed by atoms with Crippen LogP contribution >= 0.6 is 0 Å². The van der Waals surface area contributed by atoms with Gasteiger partial charge in [0.2, 0.25) is 0 Å². The van der Waals surface area contributed by atoms with Crippen molar-refractivity contribution in [3.8, 4) is 11.5 Å². The predicted octanol–water partition coefficient (Wildman–Crippen LogP) is 2.16. The minimum atomic E-state index is 0.680. The molecule has 0 amide bonds. The molecular weight excluding hydrogens is 174 g/mol. The van der Waals surface area contributed by atoms with E-state index in [-0.39, 0.29) is 0 Å². The van der Waals surface area contributed by atoms with Gasteiger partial charge in [-0.2, -0.15) is 0 Å². The van der Waals surface area contributed by atoms with E-state index in [9.17, 15) is 0 Å². The summed E-state index contributed by atoms with van der Waals surface area (Å²) in [5.41, 5.74) is 2.86. The lowest BCUT2D eigenvalue weighted by molar-refractivity contribution is 1.09. The molecule has 0 aliphatic rings. The molecule has 0 saturated heterocycles. The maximum atomic E-state index is 4.35. The van der Waals surface area contributed by atoms with Gasteiger partial charge >= 0.3 is 0 Å². The summed E-state index contributed by atoms with van der Waals surface area (Å²) in [6, 6.07) is 5.83. The number of hydrogen-bond donors (Lipinski definition) is 0. The van der Waals surface area contributed by atoms with Gasteiger partial charge in [-0.25, -0.2) is 15.0 Å². The summed E-state index contributed by atoms with van der Waals surface area (Å²) in [7, 11) is 0. The van der Waals surface area contributed by atoms with Crippen LogP contribution in [0.1, 0.15) is 11.3 Å². The fourth-order valence-electron chi connectivity index (χ4n) is 1.19. The second kappa shape index (κ2) is 3.54. The van der Waals surface area contributed by atoms with E-state index >= 15 is 0 Å². The van der Waals surface area contributed by atoms with Gasteiger partial charge < -0.3 is 0 Å². The van der Waals surface area contributed by atoms with Gasteiger partial charge in [0, 0.05) is 18.1 Å². The minimum Gasteiger partial charge on any atom is -0.250 e. The molecule has 0 saturated carbocycles. The molecule has 2 rings (SSSR count). The van der Waals surface area contributed by atoms with Crippen LogP contribution in [-0.2, 0) is 0 Å². The normalized spacial score (nSPS) is 10.1. The van der Waals surface area contributed by atoms with E-state index in [2.05, 4.69) is 15.0 Å². The maximum Gasteiger partial charge on any atom is 0.178 e. The van der Waals surface area contributed by atoms with Gasteiger partial charge in [0.05, 0.1) is 0 Å². The van der Waals surface area contributed by atoms with E-state index in [1.165, 1.54) is 0 Å². The van der Waals surface area contributed by atoms with Gasteiger partial charge in [0.1, 0.15) is 5.69 Å². The topological polar surface area (TPSA) is 38.7 Å². The molecule has 3 nitrogen and oxygen atoms in total. The first-order valence-electron chi connectivity index (χ1n) is 4.48. The second-order valence-electron chi connectivity index (χ2n) is 3.25. The number of nitrogens with zero attached hydrogens (tertiary/aromatic N) is 3. The van der Waals surface area contributed by atoms with Crippen LogP contribution in [0.3, 0.4) is 0 Å². The van der Waals surface area contributed by atoms with Crippen LogP contribution in [0.15, 0.2) is 30.6 Å². The Hall–Kier alpha value is -1.77. The van der Waals surface area contributed by atoms with Crippen LogP contribution in [0.5, 0.6) is 0 Å². The summed E-state index contributed by atoms with van der Waals surface area (Å²) >= 11 is 0. The number of aromatic nitrogens is 3. The Morgan fingerprint density at radius 1 is 1.00 bits per heavy atom. The second-order valence-corrected chi connectivity index (χ2v) is 3.25. The zero-order valence-corrected chi connectivity index (χ0v) is 8.23. The van der Waals surface area contributed by atoms with Crippen LogP contribution in [-0.4, -0.2) is 15.0 Å². The fourth-order valence-corrected chi connectivity index (χ4v) is 1.19. The summed E-state index contributed by atoms with van der Waals surface area (Å²) in [5, 5.41) is 0. The third-order valence-corrected chi connectivity index (χ3v) is 1.90. The Morgan fingerprint density at radius 3 is 2.36 bits per heavy atom. The maximum absolute atomic E-state index is 4.35. The van der Waals surface area contributed by atoms with E-state index in [4.69, 9.17) is 0 Å². The van der Waals surface area contributed by atoms with Crippen LogP contribution in [0.25, 0.3) is 11.5 Å². The molecule has 0 aliphatic heterocycles. The van der Waals surface area contributed by atoms with Crippen molar-refractivity contribution in [1.29, 1.82) is 0 Å². The first-order chi connectivity index (χ1) is 6.75. The molecular formula is C11H11N3. The molecule has 70 valence electrons. The fraction of sp³-hybridized carbons (Fsp3) is 0.182. The SMILES string of the molecule is Cc1cnc(-c2cccc(C)n2)nc1. The van der Waals surface area contributed by atoms with Crippen molar-refractivity contribution in [2.45, 2.75) is 13.8 Å². The highest BCUT2D eigenvalue weighted by Crippen LogP contribution is 2.11. The standard InChI is InChI=1S/C11H11N3/c1-8-6-12-11(13-7-8)10-5-3-4-9(2)14-10/h3-7H,1-2H3. The van der Waals surface area contributed by atoms with Crippen molar-refractivity contribution in [2.24, 2.45) is 0 Å². The smallest absolute Gasteiger partial charge is 0.178 e. The Morgan fingerprint density at radius 2 is 1.71 bits per heavy atom. The molecule has 0 atom stereocenters. The molecule has 0 spiro atoms. The van der Waals surface area contributed by atoms with E-state index in [0.717, 1.165) is 17.0 Å². The van der Waals surface area contributed by atoms with Crippen molar-refractivity contribution < 1.29 is 0 Å². The summed E-state index contributed by atoms with van der Waals surface area (Å²) in [4.78, 5) is 12.8. The highest BCUT2D eigenvalue weighted by molar-refractivity contribution is 5.48.